The summed E-state index contributed by atoms with van der Waals surface area (Å²) in [5.41, 5.74) is 3.15. The van der Waals surface area contributed by atoms with Gasteiger partial charge in [-0.25, -0.2) is 0 Å². The van der Waals surface area contributed by atoms with Gasteiger partial charge in [0.2, 0.25) is 5.91 Å². The Labute approximate surface area is 186 Å². The van der Waals surface area contributed by atoms with E-state index in [2.05, 4.69) is 32.2 Å². The molecular weight excluding hydrogens is 404 g/mol. The lowest BCUT2D eigenvalue weighted by molar-refractivity contribution is -0.121. The number of hydrogen-bond acceptors (Lipinski definition) is 4. The van der Waals surface area contributed by atoms with E-state index in [1.165, 1.54) is 0 Å². The first-order valence-corrected chi connectivity index (χ1v) is 11.3. The zero-order valence-corrected chi connectivity index (χ0v) is 18.0. The molecule has 1 aromatic heterocycles. The fourth-order valence-electron chi connectivity index (χ4n) is 3.23. The molecule has 3 aromatic carbocycles. The molecule has 0 saturated heterocycles. The van der Waals surface area contributed by atoms with Crippen LogP contribution in [0.2, 0.25) is 0 Å². The molecule has 0 spiro atoms. The third kappa shape index (κ3) is 5.61. The Morgan fingerprint density at radius 2 is 1.48 bits per heavy atom. The molecule has 1 amide bonds. The lowest BCUT2D eigenvalue weighted by Crippen LogP contribution is -2.22. The summed E-state index contributed by atoms with van der Waals surface area (Å²) in [5.74, 6) is 1.67. The normalized spacial score (nSPS) is 10.7. The largest absolute Gasteiger partial charge is 0.352 e. The molecule has 5 nitrogen and oxygen atoms in total. The molecule has 4 aromatic rings. The molecule has 1 heterocycles. The maximum atomic E-state index is 12.2. The Balaban J connectivity index is 1.37. The number of aromatic nitrogens is 3. The monoisotopic (exact) mass is 428 g/mol. The first-order chi connectivity index (χ1) is 15.3. The van der Waals surface area contributed by atoms with Gasteiger partial charge in [-0.2, -0.15) is 0 Å². The quantitative estimate of drug-likeness (QED) is 0.297. The van der Waals surface area contributed by atoms with Crippen LogP contribution in [0.5, 0.6) is 0 Å². The van der Waals surface area contributed by atoms with E-state index in [1.54, 1.807) is 11.8 Å². The molecule has 0 fully saturated rings. The molecule has 0 bridgehead atoms. The minimum Gasteiger partial charge on any atom is -0.352 e. The average Bonchev–Trinajstić information content (AvgIpc) is 3.26. The highest BCUT2D eigenvalue weighted by molar-refractivity contribution is 7.99. The highest BCUT2D eigenvalue weighted by atomic mass is 32.2. The van der Waals surface area contributed by atoms with Gasteiger partial charge < -0.3 is 5.32 Å². The van der Waals surface area contributed by atoms with E-state index >= 15 is 0 Å². The highest BCUT2D eigenvalue weighted by Crippen LogP contribution is 2.28. The number of hydrogen-bond donors (Lipinski definition) is 1. The van der Waals surface area contributed by atoms with Crippen molar-refractivity contribution in [3.05, 3.63) is 96.6 Å². The van der Waals surface area contributed by atoms with E-state index in [0.29, 0.717) is 13.0 Å². The van der Waals surface area contributed by atoms with Crippen molar-refractivity contribution < 1.29 is 4.79 Å². The van der Waals surface area contributed by atoms with Gasteiger partial charge in [-0.15, -0.1) is 10.2 Å². The number of para-hydroxylation sites is 1. The van der Waals surface area contributed by atoms with Gasteiger partial charge in [-0.3, -0.25) is 9.36 Å². The van der Waals surface area contributed by atoms with Crippen LogP contribution in [-0.4, -0.2) is 26.4 Å². The predicted octanol–water partition coefficient (Wildman–Crippen LogP) is 5.12. The highest BCUT2D eigenvalue weighted by Gasteiger charge is 2.15. The van der Waals surface area contributed by atoms with Crippen LogP contribution in [0.25, 0.3) is 17.1 Å². The zero-order valence-electron chi connectivity index (χ0n) is 17.1. The van der Waals surface area contributed by atoms with Crippen molar-refractivity contribution in [3.8, 4) is 17.1 Å². The Morgan fingerprint density at radius 1 is 0.839 bits per heavy atom. The van der Waals surface area contributed by atoms with E-state index in [1.807, 2.05) is 78.9 Å². The molecule has 0 aliphatic rings. The molecule has 0 saturated carbocycles. The van der Waals surface area contributed by atoms with Gasteiger partial charge in [-0.05, 0) is 24.1 Å². The number of nitrogens with one attached hydrogen (secondary N) is 1. The number of benzene rings is 3. The van der Waals surface area contributed by atoms with E-state index in [9.17, 15) is 4.79 Å². The van der Waals surface area contributed by atoms with Gasteiger partial charge in [0.05, 0.1) is 0 Å². The fraction of sp³-hybridized carbons (Fsp3) is 0.160. The van der Waals surface area contributed by atoms with Crippen LogP contribution in [0.15, 0.2) is 96.2 Å². The minimum atomic E-state index is 0.0685. The summed E-state index contributed by atoms with van der Waals surface area (Å²) in [6.45, 7) is 0.565. The second kappa shape index (κ2) is 10.6. The van der Waals surface area contributed by atoms with E-state index in [0.717, 1.165) is 40.0 Å². The molecule has 0 radical (unpaired) electrons. The molecule has 6 heteroatoms. The maximum Gasteiger partial charge on any atom is 0.220 e. The molecule has 4 rings (SSSR count). The first kappa shape index (κ1) is 20.9. The molecule has 0 unspecified atom stereocenters. The van der Waals surface area contributed by atoms with Crippen molar-refractivity contribution in [3.63, 3.8) is 0 Å². The van der Waals surface area contributed by atoms with Crippen molar-refractivity contribution in [2.45, 2.75) is 24.5 Å². The van der Waals surface area contributed by atoms with E-state index in [-0.39, 0.29) is 5.91 Å². The van der Waals surface area contributed by atoms with Crippen molar-refractivity contribution in [1.29, 1.82) is 0 Å². The van der Waals surface area contributed by atoms with Crippen LogP contribution >= 0.6 is 11.8 Å². The van der Waals surface area contributed by atoms with Crippen LogP contribution in [0.4, 0.5) is 0 Å². The summed E-state index contributed by atoms with van der Waals surface area (Å²) in [7, 11) is 0. The van der Waals surface area contributed by atoms with Crippen molar-refractivity contribution in [2.75, 3.05) is 5.75 Å². The number of carbonyl (C=O) groups excluding carboxylic acids is 1. The SMILES string of the molecule is O=C(CCCSc1nnc(-c2ccccc2)n1-c1ccccc1)NCc1ccccc1. The first-order valence-electron chi connectivity index (χ1n) is 10.3. The van der Waals surface area contributed by atoms with Gasteiger partial charge in [0.15, 0.2) is 11.0 Å². The van der Waals surface area contributed by atoms with Crippen molar-refractivity contribution in [2.24, 2.45) is 0 Å². The summed E-state index contributed by atoms with van der Waals surface area (Å²) in [6, 6.07) is 30.1. The molecule has 0 aliphatic heterocycles. The van der Waals surface area contributed by atoms with Crippen LogP contribution < -0.4 is 5.32 Å². The Kier molecular flexibility index (Phi) is 7.13. The number of thioether (sulfide) groups is 1. The van der Waals surface area contributed by atoms with Crippen LogP contribution in [0.1, 0.15) is 18.4 Å². The maximum absolute atomic E-state index is 12.2. The molecule has 1 N–H and O–H groups in total. The summed E-state index contributed by atoms with van der Waals surface area (Å²) < 4.78 is 2.08. The summed E-state index contributed by atoms with van der Waals surface area (Å²) in [5, 5.41) is 12.7. The zero-order chi connectivity index (χ0) is 21.3. The predicted molar refractivity (Wildman–Crippen MR) is 125 cm³/mol. The third-order valence-corrected chi connectivity index (χ3v) is 5.81. The third-order valence-electron chi connectivity index (χ3n) is 4.79. The van der Waals surface area contributed by atoms with Gasteiger partial charge >= 0.3 is 0 Å². The van der Waals surface area contributed by atoms with Crippen molar-refractivity contribution in [1.82, 2.24) is 20.1 Å². The smallest absolute Gasteiger partial charge is 0.220 e. The van der Waals surface area contributed by atoms with E-state index in [4.69, 9.17) is 0 Å². The molecule has 0 atom stereocenters. The summed E-state index contributed by atoms with van der Waals surface area (Å²) in [4.78, 5) is 12.2. The fourth-order valence-corrected chi connectivity index (χ4v) is 4.12. The molecular formula is C25H24N4OS. The van der Waals surface area contributed by atoms with Gasteiger partial charge in [0, 0.05) is 30.0 Å². The van der Waals surface area contributed by atoms with Crippen LogP contribution in [0, 0.1) is 0 Å². The lowest BCUT2D eigenvalue weighted by Gasteiger charge is -2.10. The topological polar surface area (TPSA) is 59.8 Å². The Bertz CT molecular complexity index is 1100. The second-order valence-electron chi connectivity index (χ2n) is 7.06. The molecule has 31 heavy (non-hydrogen) atoms. The van der Waals surface area contributed by atoms with Crippen molar-refractivity contribution >= 4 is 17.7 Å². The van der Waals surface area contributed by atoms with E-state index < -0.39 is 0 Å². The standard InChI is InChI=1S/C25H24N4OS/c30-23(26-19-20-11-4-1-5-12-20)17-10-18-31-25-28-27-24(21-13-6-2-7-14-21)29(25)22-15-8-3-9-16-22/h1-9,11-16H,10,17-19H2,(H,26,30). The second-order valence-corrected chi connectivity index (χ2v) is 8.12. The van der Waals surface area contributed by atoms with Gasteiger partial charge in [0.1, 0.15) is 0 Å². The number of carbonyl (C=O) groups is 1. The number of rotatable bonds is 9. The Morgan fingerprint density at radius 3 is 2.19 bits per heavy atom. The number of amides is 1. The van der Waals surface area contributed by atoms with Gasteiger partial charge in [-0.1, -0.05) is 90.6 Å². The minimum absolute atomic E-state index is 0.0685. The van der Waals surface area contributed by atoms with Gasteiger partial charge in [0.25, 0.3) is 0 Å². The molecule has 156 valence electrons. The lowest BCUT2D eigenvalue weighted by atomic mass is 10.2. The number of nitrogens with zero attached hydrogens (tertiary/aromatic N) is 3. The van der Waals surface area contributed by atoms with Crippen LogP contribution in [-0.2, 0) is 11.3 Å². The summed E-state index contributed by atoms with van der Waals surface area (Å²) >= 11 is 1.62. The summed E-state index contributed by atoms with van der Waals surface area (Å²) in [6.07, 6.45) is 1.26. The Hall–Kier alpha value is -3.38. The van der Waals surface area contributed by atoms with Crippen LogP contribution in [0.3, 0.4) is 0 Å². The average molecular weight is 429 g/mol. The molecule has 0 aliphatic carbocycles.